The number of pyridine rings is 1. The molecule has 2 rings (SSSR count). The fourth-order valence-corrected chi connectivity index (χ4v) is 2.07. The average Bonchev–Trinajstić information content (AvgIpc) is 2.34. The summed E-state index contributed by atoms with van der Waals surface area (Å²) in [5, 5.41) is 9.32. The lowest BCUT2D eigenvalue weighted by atomic mass is 10.1. The third-order valence-corrected chi connectivity index (χ3v) is 3.56. The first-order valence-electron chi connectivity index (χ1n) is 4.94. The quantitative estimate of drug-likeness (QED) is 0.826. The minimum absolute atomic E-state index is 0.197. The third-order valence-electron chi connectivity index (χ3n) is 2.36. The Morgan fingerprint density at radius 2 is 1.68 bits per heavy atom. The first-order valence-corrected chi connectivity index (χ1v) is 6.07. The molecule has 0 saturated carbocycles. The second-order valence-corrected chi connectivity index (χ2v) is 4.81. The smallest absolute Gasteiger partial charge is 0.357 e. The van der Waals surface area contributed by atoms with Crippen molar-refractivity contribution in [1.29, 1.82) is 0 Å². The maximum Gasteiger partial charge on any atom is 0.357 e. The first-order chi connectivity index (χ1) is 8.90. The van der Waals surface area contributed by atoms with Gasteiger partial charge in [0, 0.05) is 11.8 Å². The topological polar surface area (TPSA) is 50.2 Å². The zero-order chi connectivity index (χ0) is 14.2. The van der Waals surface area contributed by atoms with Crippen LogP contribution in [0.3, 0.4) is 0 Å². The molecule has 2 aromatic rings. The van der Waals surface area contributed by atoms with Crippen molar-refractivity contribution in [3.8, 4) is 11.1 Å². The molecule has 7 heteroatoms. The number of carboxylic acids is 1. The van der Waals surface area contributed by atoms with E-state index in [2.05, 4.69) is 4.98 Å². The van der Waals surface area contributed by atoms with Crippen LogP contribution in [0.5, 0.6) is 0 Å². The monoisotopic (exact) mass is 319 g/mol. The summed E-state index contributed by atoms with van der Waals surface area (Å²) < 4.78 is 13.5. The van der Waals surface area contributed by atoms with E-state index in [0.717, 1.165) is 6.07 Å². The Labute approximate surface area is 122 Å². The molecule has 19 heavy (non-hydrogen) atoms. The van der Waals surface area contributed by atoms with Crippen molar-refractivity contribution in [2.75, 3.05) is 0 Å². The van der Waals surface area contributed by atoms with Gasteiger partial charge in [-0.05, 0) is 23.8 Å². The van der Waals surface area contributed by atoms with E-state index in [-0.39, 0.29) is 15.1 Å². The highest BCUT2D eigenvalue weighted by Gasteiger charge is 2.14. The first kappa shape index (κ1) is 14.1. The number of carbonyl (C=O) groups is 1. The largest absolute Gasteiger partial charge is 0.476 e. The van der Waals surface area contributed by atoms with Crippen LogP contribution in [0.1, 0.15) is 10.5 Å². The molecule has 1 aromatic heterocycles. The van der Waals surface area contributed by atoms with Crippen LogP contribution >= 0.6 is 34.8 Å². The van der Waals surface area contributed by atoms with E-state index >= 15 is 0 Å². The standard InChI is InChI=1S/C12H5Cl3FNO2/c13-7-1-5(2-8(14)10(7)15)6-3-9(16)11(12(18)19)17-4-6/h1-4H,(H,18,19). The van der Waals surface area contributed by atoms with Crippen LogP contribution in [0.2, 0.25) is 15.1 Å². The summed E-state index contributed by atoms with van der Waals surface area (Å²) in [4.78, 5) is 14.2. The van der Waals surface area contributed by atoms with Gasteiger partial charge >= 0.3 is 5.97 Å². The Balaban J connectivity index is 2.54. The molecule has 3 nitrogen and oxygen atoms in total. The molecule has 1 aromatic carbocycles. The van der Waals surface area contributed by atoms with Gasteiger partial charge in [-0.25, -0.2) is 14.2 Å². The summed E-state index contributed by atoms with van der Waals surface area (Å²) in [6, 6.07) is 4.03. The lowest BCUT2D eigenvalue weighted by Gasteiger charge is -2.06. The van der Waals surface area contributed by atoms with Gasteiger partial charge in [0.15, 0.2) is 11.5 Å². The number of halogens is 4. The summed E-state index contributed by atoms with van der Waals surface area (Å²) in [5.74, 6) is -2.37. The molecular weight excluding hydrogens is 315 g/mol. The SMILES string of the molecule is O=C(O)c1ncc(-c2cc(Cl)c(Cl)c(Cl)c2)cc1F. The molecule has 98 valence electrons. The van der Waals surface area contributed by atoms with Gasteiger partial charge in [0.2, 0.25) is 0 Å². The van der Waals surface area contributed by atoms with Crippen molar-refractivity contribution in [3.63, 3.8) is 0 Å². The highest BCUT2D eigenvalue weighted by atomic mass is 35.5. The van der Waals surface area contributed by atoms with Gasteiger partial charge in [0.05, 0.1) is 15.1 Å². The second-order valence-electron chi connectivity index (χ2n) is 3.61. The van der Waals surface area contributed by atoms with Crippen molar-refractivity contribution in [1.82, 2.24) is 4.98 Å². The molecule has 0 aliphatic carbocycles. The van der Waals surface area contributed by atoms with Gasteiger partial charge < -0.3 is 5.11 Å². The predicted octanol–water partition coefficient (Wildman–Crippen LogP) is 4.55. The number of aromatic nitrogens is 1. The van der Waals surface area contributed by atoms with Crippen molar-refractivity contribution in [3.05, 3.63) is 51.0 Å². The van der Waals surface area contributed by atoms with Gasteiger partial charge in [-0.1, -0.05) is 34.8 Å². The molecule has 0 atom stereocenters. The number of nitrogens with zero attached hydrogens (tertiary/aromatic N) is 1. The Morgan fingerprint density at radius 3 is 2.16 bits per heavy atom. The van der Waals surface area contributed by atoms with Crippen LogP contribution in [0.15, 0.2) is 24.4 Å². The molecule has 0 fully saturated rings. The fourth-order valence-electron chi connectivity index (χ4n) is 1.48. The zero-order valence-electron chi connectivity index (χ0n) is 9.12. The van der Waals surface area contributed by atoms with Crippen molar-refractivity contribution in [2.45, 2.75) is 0 Å². The molecule has 0 radical (unpaired) electrons. The Kier molecular flexibility index (Phi) is 3.94. The molecule has 0 unspecified atom stereocenters. The average molecular weight is 321 g/mol. The third kappa shape index (κ3) is 2.81. The van der Waals surface area contributed by atoms with Crippen LogP contribution in [0, 0.1) is 5.82 Å². The summed E-state index contributed by atoms with van der Waals surface area (Å²) in [7, 11) is 0. The molecule has 1 N–H and O–H groups in total. The molecule has 0 spiro atoms. The van der Waals surface area contributed by atoms with E-state index in [4.69, 9.17) is 39.9 Å². The lowest BCUT2D eigenvalue weighted by Crippen LogP contribution is -2.04. The molecular formula is C12H5Cl3FNO2. The molecule has 0 aliphatic rings. The molecule has 1 heterocycles. The van der Waals surface area contributed by atoms with Crippen LogP contribution in [0.4, 0.5) is 4.39 Å². The summed E-state index contributed by atoms with van der Waals surface area (Å²) in [6.07, 6.45) is 1.22. The molecule has 0 saturated heterocycles. The van der Waals surface area contributed by atoms with E-state index < -0.39 is 17.5 Å². The Morgan fingerprint density at radius 1 is 1.11 bits per heavy atom. The second kappa shape index (κ2) is 5.33. The summed E-state index contributed by atoms with van der Waals surface area (Å²) in [6.45, 7) is 0. The van der Waals surface area contributed by atoms with Gasteiger partial charge in [-0.2, -0.15) is 0 Å². The minimum atomic E-state index is -1.43. The predicted molar refractivity (Wildman–Crippen MR) is 71.6 cm³/mol. The minimum Gasteiger partial charge on any atom is -0.476 e. The maximum absolute atomic E-state index is 13.5. The lowest BCUT2D eigenvalue weighted by molar-refractivity contribution is 0.0685. The highest BCUT2D eigenvalue weighted by Crippen LogP contribution is 2.35. The van der Waals surface area contributed by atoms with E-state index in [0.29, 0.717) is 11.1 Å². The van der Waals surface area contributed by atoms with Crippen molar-refractivity contribution < 1.29 is 14.3 Å². The van der Waals surface area contributed by atoms with Crippen LogP contribution in [0.25, 0.3) is 11.1 Å². The summed E-state index contributed by atoms with van der Waals surface area (Å²) in [5.41, 5.74) is 0.195. The number of hydrogen-bond acceptors (Lipinski definition) is 2. The highest BCUT2D eigenvalue weighted by molar-refractivity contribution is 6.48. The molecule has 0 amide bonds. The van der Waals surface area contributed by atoms with Gasteiger partial charge in [0.25, 0.3) is 0 Å². The number of aromatic carboxylic acids is 1. The van der Waals surface area contributed by atoms with Gasteiger partial charge in [-0.15, -0.1) is 0 Å². The van der Waals surface area contributed by atoms with Gasteiger partial charge in [-0.3, -0.25) is 0 Å². The van der Waals surface area contributed by atoms with Crippen LogP contribution in [-0.4, -0.2) is 16.1 Å². The maximum atomic E-state index is 13.5. The van der Waals surface area contributed by atoms with Gasteiger partial charge in [0.1, 0.15) is 0 Å². The van der Waals surface area contributed by atoms with Crippen molar-refractivity contribution in [2.24, 2.45) is 0 Å². The number of carboxylic acid groups (broad SMARTS) is 1. The Bertz CT molecular complexity index is 653. The zero-order valence-corrected chi connectivity index (χ0v) is 11.4. The van der Waals surface area contributed by atoms with Crippen LogP contribution in [-0.2, 0) is 0 Å². The molecule has 0 bridgehead atoms. The number of benzene rings is 1. The van der Waals surface area contributed by atoms with E-state index in [1.54, 1.807) is 0 Å². The number of hydrogen-bond donors (Lipinski definition) is 1. The fraction of sp³-hybridized carbons (Fsp3) is 0. The normalized spacial score (nSPS) is 10.5. The molecule has 0 aliphatic heterocycles. The van der Waals surface area contributed by atoms with Crippen molar-refractivity contribution >= 4 is 40.8 Å². The van der Waals surface area contributed by atoms with E-state index in [1.165, 1.54) is 18.3 Å². The van der Waals surface area contributed by atoms with E-state index in [1.807, 2.05) is 0 Å². The van der Waals surface area contributed by atoms with E-state index in [9.17, 15) is 9.18 Å². The van der Waals surface area contributed by atoms with Crippen LogP contribution < -0.4 is 0 Å². The summed E-state index contributed by atoms with van der Waals surface area (Å²) >= 11 is 17.5. The Hall–Kier alpha value is -1.36. The number of rotatable bonds is 2.